The van der Waals surface area contributed by atoms with Crippen LogP contribution in [0.1, 0.15) is 40.6 Å². The second-order valence-electron chi connectivity index (χ2n) is 3.49. The molecule has 1 rings (SSSR count). The highest BCUT2D eigenvalue weighted by Gasteiger charge is 2.13. The minimum Gasteiger partial charge on any atom is -0.366 e. The smallest absolute Gasteiger partial charge is 0.249 e. The van der Waals surface area contributed by atoms with Gasteiger partial charge in [0, 0.05) is 10.3 Å². The number of thiophene rings is 1. The fourth-order valence-electron chi connectivity index (χ4n) is 1.59. The molecule has 1 heterocycles. The summed E-state index contributed by atoms with van der Waals surface area (Å²) in [5.41, 5.74) is 7.17. The summed E-state index contributed by atoms with van der Waals surface area (Å²) in [7, 11) is 0. The molecule has 0 saturated heterocycles. The third-order valence-corrected chi connectivity index (χ3v) is 3.41. The molecule has 0 saturated carbocycles. The molecule has 1 aromatic heterocycles. The second-order valence-corrected chi connectivity index (χ2v) is 4.46. The summed E-state index contributed by atoms with van der Waals surface area (Å²) in [5, 5.41) is 1.88. The Hall–Kier alpha value is -1.09. The molecule has 2 N–H and O–H groups in total. The Balaban J connectivity index is 2.96. The van der Waals surface area contributed by atoms with Gasteiger partial charge in [0.25, 0.3) is 0 Å². The molecule has 0 aliphatic carbocycles. The lowest BCUT2D eigenvalue weighted by Gasteiger charge is -2.03. The molecule has 0 fully saturated rings. The molecule has 0 unspecified atom stereocenters. The highest BCUT2D eigenvalue weighted by Crippen LogP contribution is 2.25. The monoisotopic (exact) mass is 223 g/mol. The van der Waals surface area contributed by atoms with Crippen molar-refractivity contribution in [3.63, 3.8) is 0 Å². The van der Waals surface area contributed by atoms with Gasteiger partial charge >= 0.3 is 0 Å². The van der Waals surface area contributed by atoms with Gasteiger partial charge in [-0.3, -0.25) is 4.79 Å². The van der Waals surface area contributed by atoms with Crippen molar-refractivity contribution in [1.29, 1.82) is 0 Å². The number of amides is 1. The van der Waals surface area contributed by atoms with E-state index in [0.717, 1.165) is 31.2 Å². The zero-order valence-electron chi connectivity index (χ0n) is 9.08. The molecule has 3 heteroatoms. The first kappa shape index (κ1) is 12.0. The van der Waals surface area contributed by atoms with Crippen LogP contribution in [0.2, 0.25) is 0 Å². The summed E-state index contributed by atoms with van der Waals surface area (Å²) in [6.45, 7) is 5.84. The highest BCUT2D eigenvalue weighted by molar-refractivity contribution is 7.10. The highest BCUT2D eigenvalue weighted by atomic mass is 32.1. The molecule has 1 amide bonds. The SMILES string of the molecule is C=CCCc1c(C(N)=O)csc1CCC. The normalized spacial score (nSPS) is 10.2. The van der Waals surface area contributed by atoms with Gasteiger partial charge in [-0.25, -0.2) is 0 Å². The Bertz CT molecular complexity index is 355. The van der Waals surface area contributed by atoms with E-state index in [1.165, 1.54) is 4.88 Å². The molecule has 0 bridgehead atoms. The summed E-state index contributed by atoms with van der Waals surface area (Å²) in [6, 6.07) is 0. The number of nitrogens with two attached hydrogens (primary N) is 1. The van der Waals surface area contributed by atoms with Gasteiger partial charge in [-0.15, -0.1) is 17.9 Å². The number of hydrogen-bond acceptors (Lipinski definition) is 2. The van der Waals surface area contributed by atoms with Gasteiger partial charge in [0.05, 0.1) is 5.56 Å². The van der Waals surface area contributed by atoms with Crippen LogP contribution in [0.4, 0.5) is 0 Å². The third kappa shape index (κ3) is 2.93. The Labute approximate surface area is 94.8 Å². The van der Waals surface area contributed by atoms with Crippen molar-refractivity contribution in [1.82, 2.24) is 0 Å². The Morgan fingerprint density at radius 1 is 1.60 bits per heavy atom. The van der Waals surface area contributed by atoms with Gasteiger partial charge < -0.3 is 5.73 Å². The Morgan fingerprint density at radius 2 is 2.33 bits per heavy atom. The van der Waals surface area contributed by atoms with E-state index >= 15 is 0 Å². The first-order valence-electron chi connectivity index (χ1n) is 5.20. The number of carbonyl (C=O) groups excluding carboxylic acids is 1. The maximum atomic E-state index is 11.2. The largest absolute Gasteiger partial charge is 0.366 e. The molecule has 0 aliphatic heterocycles. The summed E-state index contributed by atoms with van der Waals surface area (Å²) in [4.78, 5) is 12.5. The lowest BCUT2D eigenvalue weighted by Crippen LogP contribution is -2.12. The number of aryl methyl sites for hydroxylation is 1. The molecule has 0 radical (unpaired) electrons. The zero-order chi connectivity index (χ0) is 11.3. The summed E-state index contributed by atoms with van der Waals surface area (Å²) in [5.74, 6) is -0.312. The van der Waals surface area contributed by atoms with Crippen LogP contribution < -0.4 is 5.73 Å². The van der Waals surface area contributed by atoms with Gasteiger partial charge in [0.2, 0.25) is 5.91 Å². The second kappa shape index (κ2) is 5.71. The summed E-state index contributed by atoms with van der Waals surface area (Å²) in [6.07, 6.45) is 5.77. The van der Waals surface area contributed by atoms with E-state index in [2.05, 4.69) is 13.5 Å². The van der Waals surface area contributed by atoms with Crippen molar-refractivity contribution < 1.29 is 4.79 Å². The van der Waals surface area contributed by atoms with Crippen LogP contribution in [-0.4, -0.2) is 5.91 Å². The average Bonchev–Trinajstić information content (AvgIpc) is 2.59. The number of primary amides is 1. The van der Waals surface area contributed by atoms with Crippen LogP contribution in [0.3, 0.4) is 0 Å². The van der Waals surface area contributed by atoms with Crippen LogP contribution in [0.5, 0.6) is 0 Å². The van der Waals surface area contributed by atoms with Gasteiger partial charge in [0.15, 0.2) is 0 Å². The standard InChI is InChI=1S/C12H17NOS/c1-3-5-7-9-10(12(13)14)8-15-11(9)6-4-2/h3,8H,1,4-7H2,2H3,(H2,13,14). The van der Waals surface area contributed by atoms with Crippen molar-refractivity contribution in [3.05, 3.63) is 34.0 Å². The van der Waals surface area contributed by atoms with E-state index in [0.29, 0.717) is 5.56 Å². The average molecular weight is 223 g/mol. The van der Waals surface area contributed by atoms with Crippen LogP contribution in [0, 0.1) is 0 Å². The zero-order valence-corrected chi connectivity index (χ0v) is 9.90. The van der Waals surface area contributed by atoms with E-state index in [1.807, 2.05) is 11.5 Å². The predicted molar refractivity (Wildman–Crippen MR) is 65.3 cm³/mol. The maximum absolute atomic E-state index is 11.2. The minimum atomic E-state index is -0.312. The summed E-state index contributed by atoms with van der Waals surface area (Å²) < 4.78 is 0. The van der Waals surface area contributed by atoms with Crippen molar-refractivity contribution in [3.8, 4) is 0 Å². The molecule has 1 aromatic rings. The van der Waals surface area contributed by atoms with E-state index in [1.54, 1.807) is 11.3 Å². The van der Waals surface area contributed by atoms with Crippen molar-refractivity contribution >= 4 is 17.2 Å². The van der Waals surface area contributed by atoms with Crippen molar-refractivity contribution in [2.24, 2.45) is 5.73 Å². The molecule has 82 valence electrons. The van der Waals surface area contributed by atoms with Crippen molar-refractivity contribution in [2.45, 2.75) is 32.6 Å². The molecule has 0 aromatic carbocycles. The lowest BCUT2D eigenvalue weighted by atomic mass is 10.0. The van der Waals surface area contributed by atoms with Crippen LogP contribution in [0.25, 0.3) is 0 Å². The summed E-state index contributed by atoms with van der Waals surface area (Å²) >= 11 is 1.64. The topological polar surface area (TPSA) is 43.1 Å². The predicted octanol–water partition coefficient (Wildman–Crippen LogP) is 2.92. The third-order valence-electron chi connectivity index (χ3n) is 2.32. The Kier molecular flexibility index (Phi) is 4.56. The molecular weight excluding hydrogens is 206 g/mol. The molecule has 0 spiro atoms. The van der Waals surface area contributed by atoms with Crippen LogP contribution >= 0.6 is 11.3 Å². The number of rotatable bonds is 6. The molecular formula is C12H17NOS. The number of carbonyl (C=O) groups is 1. The number of allylic oxidation sites excluding steroid dienone is 1. The van der Waals surface area contributed by atoms with Crippen LogP contribution in [-0.2, 0) is 12.8 Å². The van der Waals surface area contributed by atoms with Crippen LogP contribution in [0.15, 0.2) is 18.0 Å². The maximum Gasteiger partial charge on any atom is 0.249 e. The molecule has 0 atom stereocenters. The minimum absolute atomic E-state index is 0.312. The van der Waals surface area contributed by atoms with E-state index in [4.69, 9.17) is 5.73 Å². The fourth-order valence-corrected chi connectivity index (χ4v) is 2.78. The van der Waals surface area contributed by atoms with E-state index < -0.39 is 0 Å². The van der Waals surface area contributed by atoms with E-state index in [-0.39, 0.29) is 5.91 Å². The first-order valence-corrected chi connectivity index (χ1v) is 6.08. The van der Waals surface area contributed by atoms with Crippen molar-refractivity contribution in [2.75, 3.05) is 0 Å². The number of hydrogen-bond donors (Lipinski definition) is 1. The van der Waals surface area contributed by atoms with Gasteiger partial charge in [-0.1, -0.05) is 19.4 Å². The van der Waals surface area contributed by atoms with Gasteiger partial charge in [0.1, 0.15) is 0 Å². The first-order chi connectivity index (χ1) is 7.20. The van der Waals surface area contributed by atoms with Gasteiger partial charge in [-0.05, 0) is 24.8 Å². The molecule has 0 aliphatic rings. The fraction of sp³-hybridized carbons (Fsp3) is 0.417. The van der Waals surface area contributed by atoms with E-state index in [9.17, 15) is 4.79 Å². The quantitative estimate of drug-likeness (QED) is 0.740. The molecule has 2 nitrogen and oxygen atoms in total. The lowest BCUT2D eigenvalue weighted by molar-refractivity contribution is 0.1000. The van der Waals surface area contributed by atoms with Gasteiger partial charge in [-0.2, -0.15) is 0 Å². The Morgan fingerprint density at radius 3 is 2.87 bits per heavy atom. The molecule has 15 heavy (non-hydrogen) atoms.